The largest absolute Gasteiger partial charge is 0.393 e. The van der Waals surface area contributed by atoms with E-state index in [4.69, 9.17) is 18.0 Å². The molecule has 0 saturated heterocycles. The van der Waals surface area contributed by atoms with Crippen molar-refractivity contribution in [2.24, 2.45) is 5.73 Å². The van der Waals surface area contributed by atoms with Gasteiger partial charge in [0.05, 0.1) is 11.5 Å². The molecule has 4 nitrogen and oxygen atoms in total. The fourth-order valence-corrected chi connectivity index (χ4v) is 1.28. The Morgan fingerprint density at radius 1 is 1.33 bits per heavy atom. The van der Waals surface area contributed by atoms with E-state index in [0.29, 0.717) is 18.0 Å². The normalized spacial score (nSPS) is 10.4. The van der Waals surface area contributed by atoms with E-state index in [0.717, 1.165) is 19.5 Å². The number of hydrogen-bond acceptors (Lipinski definition) is 3. The van der Waals surface area contributed by atoms with Gasteiger partial charge in [-0.2, -0.15) is 0 Å². The third-order valence-corrected chi connectivity index (χ3v) is 2.28. The molecule has 0 saturated carbocycles. The summed E-state index contributed by atoms with van der Waals surface area (Å²) in [6.45, 7) is 4.21. The Labute approximate surface area is 97.4 Å². The zero-order valence-electron chi connectivity index (χ0n) is 9.82. The molecular formula is C10H21N3OS. The van der Waals surface area contributed by atoms with Crippen molar-refractivity contribution in [1.29, 1.82) is 0 Å². The lowest BCUT2D eigenvalue weighted by molar-refractivity contribution is -0.129. The number of rotatable bonds is 7. The number of nitrogens with zero attached hydrogens (tertiary/aromatic N) is 2. The Morgan fingerprint density at radius 2 is 1.93 bits per heavy atom. The monoisotopic (exact) mass is 231 g/mol. The summed E-state index contributed by atoms with van der Waals surface area (Å²) in [6, 6.07) is 0. The van der Waals surface area contributed by atoms with Crippen LogP contribution in [0.1, 0.15) is 19.8 Å². The van der Waals surface area contributed by atoms with E-state index < -0.39 is 0 Å². The van der Waals surface area contributed by atoms with Crippen molar-refractivity contribution >= 4 is 23.1 Å². The summed E-state index contributed by atoms with van der Waals surface area (Å²) >= 11 is 4.82. The van der Waals surface area contributed by atoms with Gasteiger partial charge in [-0.15, -0.1) is 0 Å². The molecule has 0 aliphatic carbocycles. The van der Waals surface area contributed by atoms with Gasteiger partial charge in [0, 0.05) is 27.1 Å². The molecule has 88 valence electrons. The molecule has 0 heterocycles. The van der Waals surface area contributed by atoms with Gasteiger partial charge >= 0.3 is 0 Å². The Bertz CT molecular complexity index is 219. The average molecular weight is 231 g/mol. The van der Waals surface area contributed by atoms with Crippen molar-refractivity contribution in [2.45, 2.75) is 19.8 Å². The molecule has 0 spiro atoms. The second-order valence-corrected chi connectivity index (χ2v) is 4.31. The highest BCUT2D eigenvalue weighted by Gasteiger charge is 2.11. The smallest absolute Gasteiger partial charge is 0.236 e. The average Bonchev–Trinajstić information content (AvgIpc) is 2.14. The number of nitrogens with two attached hydrogens (primary N) is 1. The third-order valence-electron chi connectivity index (χ3n) is 2.07. The summed E-state index contributed by atoms with van der Waals surface area (Å²) < 4.78 is 0. The lowest BCUT2D eigenvalue weighted by Crippen LogP contribution is -2.38. The SMILES string of the molecule is CCCN(CCC(N)=S)CC(=O)N(C)C. The van der Waals surface area contributed by atoms with Crippen LogP contribution in [-0.4, -0.2) is 54.4 Å². The minimum Gasteiger partial charge on any atom is -0.393 e. The minimum atomic E-state index is 0.117. The first-order chi connectivity index (χ1) is 6.97. The molecule has 0 aromatic heterocycles. The molecule has 2 N–H and O–H groups in total. The maximum Gasteiger partial charge on any atom is 0.236 e. The van der Waals surface area contributed by atoms with E-state index in [2.05, 4.69) is 11.8 Å². The van der Waals surface area contributed by atoms with Crippen molar-refractivity contribution in [3.63, 3.8) is 0 Å². The number of carbonyl (C=O) groups is 1. The van der Waals surface area contributed by atoms with Gasteiger partial charge in [-0.1, -0.05) is 19.1 Å². The summed E-state index contributed by atoms with van der Waals surface area (Å²) in [7, 11) is 3.53. The number of hydrogen-bond donors (Lipinski definition) is 1. The van der Waals surface area contributed by atoms with E-state index in [1.54, 1.807) is 19.0 Å². The van der Waals surface area contributed by atoms with Crippen LogP contribution in [0.3, 0.4) is 0 Å². The van der Waals surface area contributed by atoms with Crippen molar-refractivity contribution in [2.75, 3.05) is 33.7 Å². The Hall–Kier alpha value is -0.680. The standard InChI is InChI=1S/C10H21N3OS/c1-4-6-13(7-5-9(11)15)8-10(14)12(2)3/h4-8H2,1-3H3,(H2,11,15). The Kier molecular flexibility index (Phi) is 7.25. The van der Waals surface area contributed by atoms with Crippen LogP contribution < -0.4 is 5.73 Å². The van der Waals surface area contributed by atoms with Gasteiger partial charge in [0.15, 0.2) is 0 Å². The molecule has 0 bridgehead atoms. The Balaban J connectivity index is 4.03. The molecule has 15 heavy (non-hydrogen) atoms. The predicted octanol–water partition coefficient (Wildman–Crippen LogP) is 0.463. The zero-order valence-corrected chi connectivity index (χ0v) is 10.6. The van der Waals surface area contributed by atoms with Crippen LogP contribution in [0.5, 0.6) is 0 Å². The lowest BCUT2D eigenvalue weighted by Gasteiger charge is -2.22. The highest BCUT2D eigenvalue weighted by molar-refractivity contribution is 7.80. The summed E-state index contributed by atoms with van der Waals surface area (Å²) in [6.07, 6.45) is 1.70. The highest BCUT2D eigenvalue weighted by Crippen LogP contribution is 1.96. The van der Waals surface area contributed by atoms with Crippen molar-refractivity contribution < 1.29 is 4.79 Å². The first-order valence-electron chi connectivity index (χ1n) is 5.18. The fourth-order valence-electron chi connectivity index (χ4n) is 1.19. The Morgan fingerprint density at radius 3 is 2.33 bits per heavy atom. The van der Waals surface area contributed by atoms with Crippen LogP contribution in [0, 0.1) is 0 Å². The molecule has 0 rings (SSSR count). The quantitative estimate of drug-likeness (QED) is 0.647. The van der Waals surface area contributed by atoms with E-state index >= 15 is 0 Å². The van der Waals surface area contributed by atoms with E-state index in [9.17, 15) is 4.79 Å². The maximum absolute atomic E-state index is 11.5. The second-order valence-electron chi connectivity index (χ2n) is 3.78. The topological polar surface area (TPSA) is 49.6 Å². The lowest BCUT2D eigenvalue weighted by atomic mass is 10.3. The van der Waals surface area contributed by atoms with Crippen molar-refractivity contribution in [3.8, 4) is 0 Å². The second kappa shape index (κ2) is 7.59. The van der Waals surface area contributed by atoms with Crippen LogP contribution in [0.15, 0.2) is 0 Å². The van der Waals surface area contributed by atoms with Crippen molar-refractivity contribution in [3.05, 3.63) is 0 Å². The first kappa shape index (κ1) is 14.3. The van der Waals surface area contributed by atoms with Gasteiger partial charge in [0.25, 0.3) is 0 Å². The van der Waals surface area contributed by atoms with Crippen LogP contribution in [0.2, 0.25) is 0 Å². The van der Waals surface area contributed by atoms with Gasteiger partial charge in [-0.05, 0) is 13.0 Å². The minimum absolute atomic E-state index is 0.117. The predicted molar refractivity (Wildman–Crippen MR) is 66.8 cm³/mol. The molecule has 0 atom stereocenters. The molecular weight excluding hydrogens is 210 g/mol. The maximum atomic E-state index is 11.5. The van der Waals surface area contributed by atoms with E-state index in [1.165, 1.54) is 0 Å². The molecule has 0 radical (unpaired) electrons. The zero-order chi connectivity index (χ0) is 11.8. The van der Waals surface area contributed by atoms with E-state index in [-0.39, 0.29) is 5.91 Å². The molecule has 0 aliphatic rings. The summed E-state index contributed by atoms with van der Waals surface area (Å²) in [5.74, 6) is 0.117. The number of amides is 1. The summed E-state index contributed by atoms with van der Waals surface area (Å²) in [5, 5.41) is 0. The van der Waals surface area contributed by atoms with Gasteiger partial charge in [-0.3, -0.25) is 9.69 Å². The van der Waals surface area contributed by atoms with E-state index in [1.807, 2.05) is 0 Å². The van der Waals surface area contributed by atoms with Gasteiger partial charge in [0.1, 0.15) is 0 Å². The summed E-state index contributed by atoms with van der Waals surface area (Å²) in [4.78, 5) is 15.7. The number of likely N-dealkylation sites (N-methyl/N-ethyl adjacent to an activating group) is 1. The number of thiocarbonyl (C=S) groups is 1. The van der Waals surface area contributed by atoms with Crippen LogP contribution in [0.4, 0.5) is 0 Å². The molecule has 1 amide bonds. The fraction of sp³-hybridized carbons (Fsp3) is 0.800. The molecule has 5 heteroatoms. The van der Waals surface area contributed by atoms with Crippen LogP contribution in [0.25, 0.3) is 0 Å². The molecule has 0 aliphatic heterocycles. The molecule has 0 unspecified atom stereocenters. The van der Waals surface area contributed by atoms with Gasteiger partial charge in [0.2, 0.25) is 5.91 Å². The van der Waals surface area contributed by atoms with Crippen molar-refractivity contribution in [1.82, 2.24) is 9.80 Å². The molecule has 0 fully saturated rings. The first-order valence-corrected chi connectivity index (χ1v) is 5.59. The van der Waals surface area contributed by atoms with Gasteiger partial charge < -0.3 is 10.6 Å². The third kappa shape index (κ3) is 7.27. The van der Waals surface area contributed by atoms with Crippen LogP contribution in [-0.2, 0) is 4.79 Å². The molecule has 0 aromatic carbocycles. The number of carbonyl (C=O) groups excluding carboxylic acids is 1. The molecule has 0 aromatic rings. The van der Waals surface area contributed by atoms with Gasteiger partial charge in [-0.25, -0.2) is 0 Å². The highest BCUT2D eigenvalue weighted by atomic mass is 32.1. The summed E-state index contributed by atoms with van der Waals surface area (Å²) in [5.41, 5.74) is 5.44. The van der Waals surface area contributed by atoms with Crippen LogP contribution >= 0.6 is 12.2 Å².